The SMILES string of the molecule is NC(CCCCNC(=O)NC1CN(CC(=O)O)C1)C(=O)O. The van der Waals surface area contributed by atoms with Crippen molar-refractivity contribution in [3.8, 4) is 0 Å². The molecule has 1 aliphatic heterocycles. The minimum Gasteiger partial charge on any atom is -0.480 e. The van der Waals surface area contributed by atoms with Gasteiger partial charge in [-0.15, -0.1) is 0 Å². The summed E-state index contributed by atoms with van der Waals surface area (Å²) in [5, 5.41) is 22.6. The average molecular weight is 302 g/mol. The standard InChI is InChI=1S/C12H22N4O5/c13-9(11(19)20)3-1-2-4-14-12(21)15-8-5-16(6-8)7-10(17)18/h8-9H,1-7,13H2,(H,17,18)(H,19,20)(H2,14,15,21). The number of unbranched alkanes of at least 4 members (excludes halogenated alkanes) is 1. The van der Waals surface area contributed by atoms with Gasteiger partial charge in [-0.05, 0) is 19.3 Å². The van der Waals surface area contributed by atoms with Crippen molar-refractivity contribution in [3.05, 3.63) is 0 Å². The Kier molecular flexibility index (Phi) is 6.89. The van der Waals surface area contributed by atoms with Crippen LogP contribution in [0.15, 0.2) is 0 Å². The van der Waals surface area contributed by atoms with Gasteiger partial charge >= 0.3 is 18.0 Å². The van der Waals surface area contributed by atoms with E-state index in [1.54, 1.807) is 4.90 Å². The molecule has 6 N–H and O–H groups in total. The highest BCUT2D eigenvalue weighted by molar-refractivity contribution is 5.74. The molecule has 0 aromatic rings. The van der Waals surface area contributed by atoms with E-state index in [9.17, 15) is 14.4 Å². The molecule has 1 aliphatic rings. The van der Waals surface area contributed by atoms with E-state index in [1.807, 2.05) is 0 Å². The molecule has 9 nitrogen and oxygen atoms in total. The lowest BCUT2D eigenvalue weighted by Gasteiger charge is -2.38. The number of amides is 2. The minimum atomic E-state index is -1.02. The van der Waals surface area contributed by atoms with Crippen LogP contribution in [0.1, 0.15) is 19.3 Å². The summed E-state index contributed by atoms with van der Waals surface area (Å²) >= 11 is 0. The molecule has 1 saturated heterocycles. The summed E-state index contributed by atoms with van der Waals surface area (Å²) in [4.78, 5) is 34.1. The topological polar surface area (TPSA) is 145 Å². The molecule has 120 valence electrons. The molecule has 1 fully saturated rings. The summed E-state index contributed by atoms with van der Waals surface area (Å²) in [5.41, 5.74) is 5.35. The van der Waals surface area contributed by atoms with Crippen LogP contribution in [0.25, 0.3) is 0 Å². The van der Waals surface area contributed by atoms with Gasteiger partial charge in [0.05, 0.1) is 12.6 Å². The summed E-state index contributed by atoms with van der Waals surface area (Å²) in [6.45, 7) is 1.51. The number of hydrogen-bond donors (Lipinski definition) is 5. The largest absolute Gasteiger partial charge is 0.480 e. The fraction of sp³-hybridized carbons (Fsp3) is 0.750. The van der Waals surface area contributed by atoms with E-state index in [0.717, 1.165) is 0 Å². The minimum absolute atomic E-state index is 0.0103. The van der Waals surface area contributed by atoms with Crippen LogP contribution in [0.2, 0.25) is 0 Å². The molecule has 21 heavy (non-hydrogen) atoms. The molecule has 2 amide bonds. The van der Waals surface area contributed by atoms with Crippen LogP contribution >= 0.6 is 0 Å². The maximum absolute atomic E-state index is 11.5. The van der Waals surface area contributed by atoms with Crippen LogP contribution < -0.4 is 16.4 Å². The maximum atomic E-state index is 11.5. The highest BCUT2D eigenvalue weighted by Gasteiger charge is 2.28. The van der Waals surface area contributed by atoms with Crippen molar-refractivity contribution >= 4 is 18.0 Å². The summed E-state index contributed by atoms with van der Waals surface area (Å²) in [5.74, 6) is -1.89. The predicted molar refractivity (Wildman–Crippen MR) is 73.9 cm³/mol. The predicted octanol–water partition coefficient (Wildman–Crippen LogP) is -1.36. The van der Waals surface area contributed by atoms with E-state index in [0.29, 0.717) is 38.9 Å². The van der Waals surface area contributed by atoms with Crippen LogP contribution in [0.3, 0.4) is 0 Å². The molecule has 0 spiro atoms. The Morgan fingerprint density at radius 3 is 2.48 bits per heavy atom. The van der Waals surface area contributed by atoms with Crippen LogP contribution in [0.5, 0.6) is 0 Å². The Morgan fingerprint density at radius 1 is 1.24 bits per heavy atom. The molecule has 1 rings (SSSR count). The highest BCUT2D eigenvalue weighted by Crippen LogP contribution is 2.06. The van der Waals surface area contributed by atoms with Gasteiger partial charge in [0.25, 0.3) is 0 Å². The first-order valence-corrected chi connectivity index (χ1v) is 6.85. The lowest BCUT2D eigenvalue weighted by atomic mass is 10.1. The number of aliphatic carboxylic acids is 2. The van der Waals surface area contributed by atoms with Crippen molar-refractivity contribution in [2.45, 2.75) is 31.3 Å². The Balaban J connectivity index is 1.98. The summed E-state index contributed by atoms with van der Waals surface area (Å²) in [6, 6.07) is -1.17. The van der Waals surface area contributed by atoms with E-state index >= 15 is 0 Å². The first-order valence-electron chi connectivity index (χ1n) is 6.85. The molecule has 0 aromatic carbocycles. The Morgan fingerprint density at radius 2 is 1.90 bits per heavy atom. The van der Waals surface area contributed by atoms with Gasteiger partial charge in [-0.25, -0.2) is 4.79 Å². The fourth-order valence-corrected chi connectivity index (χ4v) is 2.03. The van der Waals surface area contributed by atoms with E-state index in [2.05, 4.69) is 10.6 Å². The number of nitrogens with zero attached hydrogens (tertiary/aromatic N) is 1. The number of nitrogens with one attached hydrogen (secondary N) is 2. The Hall–Kier alpha value is -1.87. The monoisotopic (exact) mass is 302 g/mol. The van der Waals surface area contributed by atoms with Gasteiger partial charge in [-0.2, -0.15) is 0 Å². The zero-order chi connectivity index (χ0) is 15.8. The van der Waals surface area contributed by atoms with Crippen LogP contribution in [-0.4, -0.2) is 71.3 Å². The number of carbonyl (C=O) groups is 3. The molecular formula is C12H22N4O5. The maximum Gasteiger partial charge on any atom is 0.320 e. The normalized spacial score (nSPS) is 16.8. The van der Waals surface area contributed by atoms with E-state index < -0.39 is 18.0 Å². The van der Waals surface area contributed by atoms with Gasteiger partial charge < -0.3 is 26.6 Å². The molecule has 1 unspecified atom stereocenters. The second-order valence-electron chi connectivity index (χ2n) is 5.13. The van der Waals surface area contributed by atoms with Crippen molar-refractivity contribution in [3.63, 3.8) is 0 Å². The Labute approximate surface area is 122 Å². The number of carboxylic acids is 2. The van der Waals surface area contributed by atoms with E-state index in [-0.39, 0.29) is 18.6 Å². The van der Waals surface area contributed by atoms with E-state index in [1.165, 1.54) is 0 Å². The first-order chi connectivity index (χ1) is 9.88. The second-order valence-corrected chi connectivity index (χ2v) is 5.13. The first kappa shape index (κ1) is 17.2. The third-order valence-corrected chi connectivity index (χ3v) is 3.20. The van der Waals surface area contributed by atoms with Crippen LogP contribution in [0.4, 0.5) is 4.79 Å². The van der Waals surface area contributed by atoms with Crippen LogP contribution in [0, 0.1) is 0 Å². The average Bonchev–Trinajstić information content (AvgIpc) is 2.34. The van der Waals surface area contributed by atoms with Crippen molar-refractivity contribution < 1.29 is 24.6 Å². The molecule has 1 heterocycles. The molecule has 0 aliphatic carbocycles. The second kappa shape index (κ2) is 8.42. The number of nitrogens with two attached hydrogens (primary N) is 1. The lowest BCUT2D eigenvalue weighted by Crippen LogP contribution is -2.61. The van der Waals surface area contributed by atoms with Crippen molar-refractivity contribution in [1.29, 1.82) is 0 Å². The third-order valence-electron chi connectivity index (χ3n) is 3.20. The third kappa shape index (κ3) is 6.91. The molecular weight excluding hydrogens is 280 g/mol. The molecule has 0 aromatic heterocycles. The number of hydrogen-bond acceptors (Lipinski definition) is 5. The number of carbonyl (C=O) groups excluding carboxylic acids is 1. The number of rotatable bonds is 9. The fourth-order valence-electron chi connectivity index (χ4n) is 2.03. The van der Waals surface area contributed by atoms with Gasteiger partial charge in [0, 0.05) is 19.6 Å². The molecule has 0 radical (unpaired) electrons. The van der Waals surface area contributed by atoms with Gasteiger partial charge in [-0.3, -0.25) is 14.5 Å². The smallest absolute Gasteiger partial charge is 0.320 e. The zero-order valence-corrected chi connectivity index (χ0v) is 11.7. The number of likely N-dealkylation sites (tertiary alicyclic amines) is 1. The number of carboxylic acid groups (broad SMARTS) is 2. The summed E-state index contributed by atoms with van der Waals surface area (Å²) in [6.07, 6.45) is 1.67. The lowest BCUT2D eigenvalue weighted by molar-refractivity contribution is -0.140. The molecule has 1 atom stereocenters. The number of urea groups is 1. The molecule has 0 bridgehead atoms. The van der Waals surface area contributed by atoms with Crippen molar-refractivity contribution in [1.82, 2.24) is 15.5 Å². The summed E-state index contributed by atoms with van der Waals surface area (Å²) in [7, 11) is 0. The van der Waals surface area contributed by atoms with E-state index in [4.69, 9.17) is 15.9 Å². The molecule has 9 heteroatoms. The van der Waals surface area contributed by atoms with Gasteiger partial charge in [-0.1, -0.05) is 0 Å². The quantitative estimate of drug-likeness (QED) is 0.331. The summed E-state index contributed by atoms with van der Waals surface area (Å²) < 4.78 is 0. The van der Waals surface area contributed by atoms with Crippen molar-refractivity contribution in [2.75, 3.05) is 26.2 Å². The van der Waals surface area contributed by atoms with Crippen molar-refractivity contribution in [2.24, 2.45) is 5.73 Å². The highest BCUT2D eigenvalue weighted by atomic mass is 16.4. The Bertz CT molecular complexity index is 384. The zero-order valence-electron chi connectivity index (χ0n) is 11.7. The molecule has 0 saturated carbocycles. The van der Waals surface area contributed by atoms with Crippen LogP contribution in [-0.2, 0) is 9.59 Å². The van der Waals surface area contributed by atoms with Gasteiger partial charge in [0.2, 0.25) is 0 Å². The van der Waals surface area contributed by atoms with Gasteiger partial charge in [0.1, 0.15) is 6.04 Å². The van der Waals surface area contributed by atoms with Gasteiger partial charge in [0.15, 0.2) is 0 Å².